The van der Waals surface area contributed by atoms with Crippen molar-refractivity contribution in [3.8, 4) is 0 Å². The van der Waals surface area contributed by atoms with Gasteiger partial charge in [0.2, 0.25) is 4.77 Å². The third-order valence-electron chi connectivity index (χ3n) is 3.61. The monoisotopic (exact) mass is 331 g/mol. The number of ether oxygens (including phenoxy) is 1. The molecule has 3 rings (SSSR count). The fourth-order valence-corrected chi connectivity index (χ4v) is 2.47. The van der Waals surface area contributed by atoms with Crippen LogP contribution in [-0.4, -0.2) is 47.4 Å². The molecule has 2 heterocycles. The largest absolute Gasteiger partial charge is 0.378 e. The maximum Gasteiger partial charge on any atom is 0.296 e. The Morgan fingerprint density at radius 1 is 1.30 bits per heavy atom. The molecule has 0 spiro atoms. The molecule has 1 fully saturated rings. The first-order valence-electron chi connectivity index (χ1n) is 7.30. The normalized spacial score (nSPS) is 15.3. The van der Waals surface area contributed by atoms with Gasteiger partial charge < -0.3 is 9.64 Å². The summed E-state index contributed by atoms with van der Waals surface area (Å²) >= 11 is 5.03. The summed E-state index contributed by atoms with van der Waals surface area (Å²) in [6, 6.07) is 7.99. The quantitative estimate of drug-likeness (QED) is 0.678. The van der Waals surface area contributed by atoms with Gasteiger partial charge in [0.1, 0.15) is 5.69 Å². The zero-order chi connectivity index (χ0) is 16.2. The molecular weight excluding hydrogens is 314 g/mol. The predicted octanol–water partition coefficient (Wildman–Crippen LogP) is 1.33. The van der Waals surface area contributed by atoms with E-state index in [1.165, 1.54) is 0 Å². The van der Waals surface area contributed by atoms with E-state index >= 15 is 0 Å². The summed E-state index contributed by atoms with van der Waals surface area (Å²) < 4.78 is 6.65. The highest BCUT2D eigenvalue weighted by atomic mass is 32.1. The number of morpholine rings is 1. The first-order chi connectivity index (χ1) is 11.1. The topological polar surface area (TPSA) is 75.5 Å². The second-order valence-electron chi connectivity index (χ2n) is 5.17. The molecule has 1 saturated heterocycles. The number of aromatic nitrogens is 3. The Morgan fingerprint density at radius 2 is 2.00 bits per heavy atom. The van der Waals surface area contributed by atoms with Crippen LogP contribution in [0.4, 0.5) is 5.69 Å². The van der Waals surface area contributed by atoms with Gasteiger partial charge in [-0.05, 0) is 36.8 Å². The molecule has 0 saturated carbocycles. The lowest BCUT2D eigenvalue weighted by molar-refractivity contribution is 0.122. The molecule has 0 radical (unpaired) electrons. The van der Waals surface area contributed by atoms with Gasteiger partial charge in [-0.2, -0.15) is 14.9 Å². The lowest BCUT2D eigenvalue weighted by Crippen LogP contribution is -2.36. The van der Waals surface area contributed by atoms with Gasteiger partial charge in [0.05, 0.1) is 19.4 Å². The molecule has 23 heavy (non-hydrogen) atoms. The van der Waals surface area contributed by atoms with E-state index in [9.17, 15) is 4.79 Å². The van der Waals surface area contributed by atoms with Crippen molar-refractivity contribution >= 4 is 24.1 Å². The van der Waals surface area contributed by atoms with Crippen molar-refractivity contribution < 1.29 is 4.74 Å². The van der Waals surface area contributed by atoms with Gasteiger partial charge in [-0.25, -0.2) is 0 Å². The average Bonchev–Trinajstić information content (AvgIpc) is 2.60. The molecule has 0 unspecified atom stereocenters. The van der Waals surface area contributed by atoms with E-state index in [-0.39, 0.29) is 10.3 Å². The van der Waals surface area contributed by atoms with Crippen molar-refractivity contribution in [1.82, 2.24) is 14.9 Å². The molecular formula is C15H17N5O2S. The van der Waals surface area contributed by atoms with Crippen molar-refractivity contribution in [1.29, 1.82) is 0 Å². The van der Waals surface area contributed by atoms with Crippen LogP contribution in [0.2, 0.25) is 0 Å². The van der Waals surface area contributed by atoms with Crippen LogP contribution < -0.4 is 10.5 Å². The highest BCUT2D eigenvalue weighted by molar-refractivity contribution is 7.71. The minimum Gasteiger partial charge on any atom is -0.378 e. The van der Waals surface area contributed by atoms with Crippen LogP contribution in [0.15, 0.2) is 34.2 Å². The van der Waals surface area contributed by atoms with Gasteiger partial charge in [0.25, 0.3) is 5.56 Å². The van der Waals surface area contributed by atoms with Gasteiger partial charge in [0, 0.05) is 18.8 Å². The summed E-state index contributed by atoms with van der Waals surface area (Å²) in [6.07, 6.45) is 1.60. The van der Waals surface area contributed by atoms with E-state index in [2.05, 4.69) is 20.2 Å². The molecule has 1 aliphatic rings. The van der Waals surface area contributed by atoms with Crippen molar-refractivity contribution in [3.05, 3.63) is 50.6 Å². The lowest BCUT2D eigenvalue weighted by Gasteiger charge is -2.28. The molecule has 8 heteroatoms. The maximum atomic E-state index is 12.0. The van der Waals surface area contributed by atoms with E-state index in [4.69, 9.17) is 17.0 Å². The number of hydrogen-bond donors (Lipinski definition) is 1. The summed E-state index contributed by atoms with van der Waals surface area (Å²) in [7, 11) is 0. The minimum atomic E-state index is -0.324. The predicted molar refractivity (Wildman–Crippen MR) is 90.9 cm³/mol. The van der Waals surface area contributed by atoms with Crippen LogP contribution in [0.1, 0.15) is 11.3 Å². The molecule has 7 nitrogen and oxygen atoms in total. The average molecular weight is 331 g/mol. The molecule has 0 atom stereocenters. The zero-order valence-corrected chi connectivity index (χ0v) is 13.5. The number of nitrogens with one attached hydrogen (secondary N) is 1. The molecule has 0 amide bonds. The number of aromatic amines is 1. The van der Waals surface area contributed by atoms with Crippen molar-refractivity contribution in [2.75, 3.05) is 31.2 Å². The second kappa shape index (κ2) is 6.84. The summed E-state index contributed by atoms with van der Waals surface area (Å²) in [6.45, 7) is 4.91. The molecule has 120 valence electrons. The first kappa shape index (κ1) is 15.6. The summed E-state index contributed by atoms with van der Waals surface area (Å²) in [5, 5.41) is 10.5. The molecule has 1 aliphatic heterocycles. The van der Waals surface area contributed by atoms with Crippen molar-refractivity contribution in [3.63, 3.8) is 0 Å². The summed E-state index contributed by atoms with van der Waals surface area (Å²) in [4.78, 5) is 14.2. The first-order valence-corrected chi connectivity index (χ1v) is 7.71. The Morgan fingerprint density at radius 3 is 2.70 bits per heavy atom. The number of benzene rings is 1. The maximum absolute atomic E-state index is 12.0. The Hall–Kier alpha value is -2.32. The van der Waals surface area contributed by atoms with Gasteiger partial charge in [-0.3, -0.25) is 9.89 Å². The number of hydrogen-bond acceptors (Lipinski definition) is 6. The van der Waals surface area contributed by atoms with Crippen molar-refractivity contribution in [2.24, 2.45) is 5.10 Å². The third-order valence-corrected chi connectivity index (χ3v) is 3.87. The fraction of sp³-hybridized carbons (Fsp3) is 0.333. The van der Waals surface area contributed by atoms with Crippen LogP contribution in [0, 0.1) is 11.7 Å². The van der Waals surface area contributed by atoms with Crippen molar-refractivity contribution in [2.45, 2.75) is 6.92 Å². The van der Waals surface area contributed by atoms with Crippen LogP contribution in [0.5, 0.6) is 0 Å². The standard InChI is InChI=1S/C15H17N5O2S/c1-11-14(21)20(15(23)18-17-11)16-10-12-2-4-13(5-3-12)19-6-8-22-9-7-19/h2-5,10H,6-9H2,1H3,(H,18,23)/b16-10-. The molecule has 2 aromatic rings. The SMILES string of the molecule is Cc1n[nH]c(=S)n(/N=C\c2ccc(N3CCOCC3)cc2)c1=O. The Bertz CT molecular complexity index is 819. The van der Waals surface area contributed by atoms with E-state index in [0.29, 0.717) is 5.69 Å². The molecule has 0 bridgehead atoms. The Kier molecular flexibility index (Phi) is 4.63. The molecule has 0 aliphatic carbocycles. The minimum absolute atomic E-state index is 0.168. The van der Waals surface area contributed by atoms with E-state index < -0.39 is 0 Å². The van der Waals surface area contributed by atoms with E-state index in [1.54, 1.807) is 13.1 Å². The number of rotatable bonds is 3. The highest BCUT2D eigenvalue weighted by Crippen LogP contribution is 2.15. The van der Waals surface area contributed by atoms with Gasteiger partial charge >= 0.3 is 0 Å². The molecule has 1 N–H and O–H groups in total. The lowest BCUT2D eigenvalue weighted by atomic mass is 10.2. The van der Waals surface area contributed by atoms with E-state index in [0.717, 1.165) is 42.2 Å². The molecule has 1 aromatic heterocycles. The van der Waals surface area contributed by atoms with Crippen LogP contribution in [-0.2, 0) is 4.74 Å². The number of aryl methyl sites for hydroxylation is 1. The zero-order valence-electron chi connectivity index (χ0n) is 12.7. The fourth-order valence-electron chi connectivity index (χ4n) is 2.29. The van der Waals surface area contributed by atoms with Gasteiger partial charge in [-0.1, -0.05) is 12.1 Å². The van der Waals surface area contributed by atoms with E-state index in [1.807, 2.05) is 24.3 Å². The number of H-pyrrole nitrogens is 1. The van der Waals surface area contributed by atoms with Gasteiger partial charge in [-0.15, -0.1) is 0 Å². The van der Waals surface area contributed by atoms with Gasteiger partial charge in [0.15, 0.2) is 0 Å². The summed E-state index contributed by atoms with van der Waals surface area (Å²) in [5.41, 5.74) is 2.03. The third kappa shape index (κ3) is 3.54. The Balaban J connectivity index is 1.80. The van der Waals surface area contributed by atoms with Crippen LogP contribution in [0.3, 0.4) is 0 Å². The second-order valence-corrected chi connectivity index (χ2v) is 5.55. The highest BCUT2D eigenvalue weighted by Gasteiger charge is 2.10. The number of anilines is 1. The number of nitrogens with zero attached hydrogens (tertiary/aromatic N) is 4. The van der Waals surface area contributed by atoms with Crippen LogP contribution >= 0.6 is 12.2 Å². The van der Waals surface area contributed by atoms with Crippen LogP contribution in [0.25, 0.3) is 0 Å². The smallest absolute Gasteiger partial charge is 0.296 e. The molecule has 1 aromatic carbocycles. The Labute approximate surface area is 138 Å². The summed E-state index contributed by atoms with van der Waals surface area (Å²) in [5.74, 6) is 0.